The number of nitrogens with zero attached hydrogens (tertiary/aromatic N) is 3. The molecule has 7 heteroatoms. The Morgan fingerprint density at radius 1 is 1.32 bits per heavy atom. The van der Waals surface area contributed by atoms with Crippen molar-refractivity contribution < 1.29 is 19.0 Å². The SMILES string of the molecule is CC(C)N(Cc1nccn1C)C(=O)[C@H](C)Oc1ccc2c(c1)OCO2. The van der Waals surface area contributed by atoms with Gasteiger partial charge in [-0.3, -0.25) is 4.79 Å². The molecule has 0 spiro atoms. The van der Waals surface area contributed by atoms with Crippen LogP contribution in [0.3, 0.4) is 0 Å². The highest BCUT2D eigenvalue weighted by Crippen LogP contribution is 2.35. The minimum absolute atomic E-state index is 0.0343. The zero-order chi connectivity index (χ0) is 18.0. The molecule has 1 aliphatic rings. The van der Waals surface area contributed by atoms with Gasteiger partial charge >= 0.3 is 0 Å². The van der Waals surface area contributed by atoms with Gasteiger partial charge in [0.15, 0.2) is 17.6 Å². The fourth-order valence-electron chi connectivity index (χ4n) is 2.65. The van der Waals surface area contributed by atoms with E-state index in [1.807, 2.05) is 31.7 Å². The van der Waals surface area contributed by atoms with Crippen LogP contribution in [0, 0.1) is 0 Å². The van der Waals surface area contributed by atoms with Gasteiger partial charge in [-0.15, -0.1) is 0 Å². The van der Waals surface area contributed by atoms with Gasteiger partial charge in [0.2, 0.25) is 6.79 Å². The molecule has 25 heavy (non-hydrogen) atoms. The lowest BCUT2D eigenvalue weighted by atomic mass is 10.2. The topological polar surface area (TPSA) is 65.8 Å². The average molecular weight is 345 g/mol. The second-order valence-electron chi connectivity index (χ2n) is 6.29. The largest absolute Gasteiger partial charge is 0.481 e. The Bertz CT molecular complexity index is 757. The van der Waals surface area contributed by atoms with Gasteiger partial charge < -0.3 is 23.7 Å². The Hall–Kier alpha value is -2.70. The number of amides is 1. The minimum atomic E-state index is -0.622. The van der Waals surface area contributed by atoms with Gasteiger partial charge in [0.05, 0.1) is 6.54 Å². The Kier molecular flexibility index (Phi) is 4.83. The van der Waals surface area contributed by atoms with Crippen LogP contribution in [0.15, 0.2) is 30.6 Å². The lowest BCUT2D eigenvalue weighted by Gasteiger charge is -2.29. The molecule has 0 saturated carbocycles. The van der Waals surface area contributed by atoms with E-state index in [2.05, 4.69) is 4.98 Å². The molecule has 0 fully saturated rings. The van der Waals surface area contributed by atoms with Crippen molar-refractivity contribution in [3.05, 3.63) is 36.4 Å². The molecule has 0 bridgehead atoms. The van der Waals surface area contributed by atoms with Gasteiger partial charge in [0, 0.05) is 31.5 Å². The second kappa shape index (κ2) is 7.04. The van der Waals surface area contributed by atoms with Crippen molar-refractivity contribution >= 4 is 5.91 Å². The van der Waals surface area contributed by atoms with E-state index in [1.54, 1.807) is 36.2 Å². The summed E-state index contributed by atoms with van der Waals surface area (Å²) in [6.07, 6.45) is 2.97. The molecule has 0 radical (unpaired) electrons. The Morgan fingerprint density at radius 2 is 2.08 bits per heavy atom. The number of aryl methyl sites for hydroxylation is 1. The summed E-state index contributed by atoms with van der Waals surface area (Å²) >= 11 is 0. The van der Waals surface area contributed by atoms with Crippen LogP contribution in [0.5, 0.6) is 17.2 Å². The highest BCUT2D eigenvalue weighted by atomic mass is 16.7. The van der Waals surface area contributed by atoms with Gasteiger partial charge in [-0.2, -0.15) is 0 Å². The number of fused-ring (bicyclic) bond motifs is 1. The number of ether oxygens (including phenoxy) is 3. The molecule has 0 N–H and O–H groups in total. The molecule has 1 atom stereocenters. The zero-order valence-corrected chi connectivity index (χ0v) is 14.9. The van der Waals surface area contributed by atoms with Gasteiger partial charge in [-0.1, -0.05) is 0 Å². The van der Waals surface area contributed by atoms with Crippen LogP contribution in [0.4, 0.5) is 0 Å². The number of benzene rings is 1. The van der Waals surface area contributed by atoms with E-state index in [0.29, 0.717) is 23.8 Å². The third-order valence-corrected chi connectivity index (χ3v) is 4.14. The predicted octanol–water partition coefficient (Wildman–Crippen LogP) is 2.35. The van der Waals surface area contributed by atoms with Crippen LogP contribution >= 0.6 is 0 Å². The lowest BCUT2D eigenvalue weighted by Crippen LogP contribution is -2.44. The summed E-state index contributed by atoms with van der Waals surface area (Å²) in [5, 5.41) is 0. The maximum atomic E-state index is 12.9. The molecule has 1 aromatic heterocycles. The summed E-state index contributed by atoms with van der Waals surface area (Å²) in [5.74, 6) is 2.63. The molecule has 1 amide bonds. The molecular formula is C18H23N3O4. The third kappa shape index (κ3) is 3.70. The predicted molar refractivity (Wildman–Crippen MR) is 91.5 cm³/mol. The third-order valence-electron chi connectivity index (χ3n) is 4.14. The number of aromatic nitrogens is 2. The standard InChI is InChI=1S/C18H23N3O4/c1-12(2)21(10-17-19-7-8-20(17)4)18(22)13(3)25-14-5-6-15-16(9-14)24-11-23-15/h5-9,12-13H,10-11H2,1-4H3/t13-/m0/s1. The molecule has 2 aromatic rings. The Labute approximate surface area is 147 Å². The Balaban J connectivity index is 1.69. The van der Waals surface area contributed by atoms with Gasteiger partial charge in [-0.05, 0) is 32.9 Å². The lowest BCUT2D eigenvalue weighted by molar-refractivity contribution is -0.140. The molecule has 3 rings (SSSR count). The highest BCUT2D eigenvalue weighted by molar-refractivity contribution is 5.81. The van der Waals surface area contributed by atoms with E-state index in [0.717, 1.165) is 5.82 Å². The van der Waals surface area contributed by atoms with E-state index in [4.69, 9.17) is 14.2 Å². The summed E-state index contributed by atoms with van der Waals surface area (Å²) in [6.45, 7) is 6.36. The zero-order valence-electron chi connectivity index (χ0n) is 14.9. The Morgan fingerprint density at radius 3 is 2.76 bits per heavy atom. The van der Waals surface area contributed by atoms with Crippen LogP contribution in [0.1, 0.15) is 26.6 Å². The van der Waals surface area contributed by atoms with E-state index in [9.17, 15) is 4.79 Å². The summed E-state index contributed by atoms with van der Waals surface area (Å²) in [4.78, 5) is 18.9. The van der Waals surface area contributed by atoms with Crippen molar-refractivity contribution in [2.75, 3.05) is 6.79 Å². The van der Waals surface area contributed by atoms with E-state index in [1.165, 1.54) is 0 Å². The number of imidazole rings is 1. The maximum Gasteiger partial charge on any atom is 0.263 e. The number of rotatable bonds is 6. The monoisotopic (exact) mass is 345 g/mol. The van der Waals surface area contributed by atoms with Crippen LogP contribution in [0.2, 0.25) is 0 Å². The van der Waals surface area contributed by atoms with Crippen LogP contribution in [-0.4, -0.2) is 39.3 Å². The van der Waals surface area contributed by atoms with Gasteiger partial charge in [-0.25, -0.2) is 4.98 Å². The fraction of sp³-hybridized carbons (Fsp3) is 0.444. The fourth-order valence-corrected chi connectivity index (χ4v) is 2.65. The first-order chi connectivity index (χ1) is 12.0. The molecule has 1 aromatic carbocycles. The van der Waals surface area contributed by atoms with Crippen LogP contribution in [0.25, 0.3) is 0 Å². The molecule has 0 aliphatic carbocycles. The first kappa shape index (κ1) is 17.1. The van der Waals surface area contributed by atoms with E-state index < -0.39 is 6.10 Å². The average Bonchev–Trinajstić information content (AvgIpc) is 3.20. The molecule has 134 valence electrons. The number of carbonyl (C=O) groups excluding carboxylic acids is 1. The van der Waals surface area contributed by atoms with Crippen molar-refractivity contribution in [1.82, 2.24) is 14.5 Å². The quantitative estimate of drug-likeness (QED) is 0.804. The summed E-state index contributed by atoms with van der Waals surface area (Å²) < 4.78 is 18.4. The summed E-state index contributed by atoms with van der Waals surface area (Å²) in [7, 11) is 1.91. The van der Waals surface area contributed by atoms with Crippen molar-refractivity contribution in [3.8, 4) is 17.2 Å². The summed E-state index contributed by atoms with van der Waals surface area (Å²) in [5.41, 5.74) is 0. The molecule has 1 aliphatic heterocycles. The van der Waals surface area contributed by atoms with Gasteiger partial charge in [0.25, 0.3) is 5.91 Å². The highest BCUT2D eigenvalue weighted by Gasteiger charge is 2.26. The van der Waals surface area contributed by atoms with E-state index in [-0.39, 0.29) is 18.7 Å². The van der Waals surface area contributed by atoms with Crippen molar-refractivity contribution in [1.29, 1.82) is 0 Å². The smallest absolute Gasteiger partial charge is 0.263 e. The number of hydrogen-bond acceptors (Lipinski definition) is 5. The summed E-state index contributed by atoms with van der Waals surface area (Å²) in [6, 6.07) is 5.33. The molecule has 0 unspecified atom stereocenters. The molecule has 7 nitrogen and oxygen atoms in total. The van der Waals surface area contributed by atoms with Gasteiger partial charge in [0.1, 0.15) is 11.6 Å². The van der Waals surface area contributed by atoms with Crippen molar-refractivity contribution in [2.45, 2.75) is 39.5 Å². The molecule has 2 heterocycles. The minimum Gasteiger partial charge on any atom is -0.481 e. The van der Waals surface area contributed by atoms with Crippen molar-refractivity contribution in [3.63, 3.8) is 0 Å². The van der Waals surface area contributed by atoms with E-state index >= 15 is 0 Å². The van der Waals surface area contributed by atoms with Crippen LogP contribution < -0.4 is 14.2 Å². The molecular weight excluding hydrogens is 322 g/mol. The molecule has 0 saturated heterocycles. The van der Waals surface area contributed by atoms with Crippen LogP contribution in [-0.2, 0) is 18.4 Å². The first-order valence-corrected chi connectivity index (χ1v) is 8.28. The maximum absolute atomic E-state index is 12.9. The number of hydrogen-bond donors (Lipinski definition) is 0. The first-order valence-electron chi connectivity index (χ1n) is 8.28. The normalized spacial score (nSPS) is 13.8. The second-order valence-corrected chi connectivity index (χ2v) is 6.29. The number of carbonyl (C=O) groups is 1. The van der Waals surface area contributed by atoms with Crippen molar-refractivity contribution in [2.24, 2.45) is 7.05 Å².